The SMILES string of the molecule is c1cc(CSc2nn3c(SCc4ccncc4)nnc3s2)ccn1. The normalized spacial score (nSPS) is 11.2. The fraction of sp³-hybridized carbons (Fsp3) is 0.133. The van der Waals surface area contributed by atoms with Crippen LogP contribution in [-0.4, -0.2) is 29.8 Å². The molecule has 4 rings (SSSR count). The predicted octanol–water partition coefficient (Wildman–Crippen LogP) is 3.56. The van der Waals surface area contributed by atoms with Crippen molar-refractivity contribution in [3.05, 3.63) is 60.2 Å². The third-order valence-electron chi connectivity index (χ3n) is 3.17. The van der Waals surface area contributed by atoms with E-state index >= 15 is 0 Å². The van der Waals surface area contributed by atoms with Crippen LogP contribution in [0.3, 0.4) is 0 Å². The van der Waals surface area contributed by atoms with Gasteiger partial charge >= 0.3 is 0 Å². The molecule has 0 aliphatic rings. The fourth-order valence-electron chi connectivity index (χ4n) is 1.98. The number of hydrogen-bond donors (Lipinski definition) is 0. The molecule has 6 nitrogen and oxygen atoms in total. The molecule has 0 radical (unpaired) electrons. The summed E-state index contributed by atoms with van der Waals surface area (Å²) in [5.74, 6) is 1.69. The van der Waals surface area contributed by atoms with E-state index in [1.54, 1.807) is 47.3 Å². The van der Waals surface area contributed by atoms with Crippen LogP contribution in [0.2, 0.25) is 0 Å². The molecule has 0 saturated heterocycles. The van der Waals surface area contributed by atoms with Crippen molar-refractivity contribution >= 4 is 39.8 Å². The molecule has 0 aliphatic heterocycles. The van der Waals surface area contributed by atoms with E-state index in [1.807, 2.05) is 41.2 Å². The Kier molecular flexibility index (Phi) is 4.72. The topological polar surface area (TPSA) is 68.9 Å². The molecular weight excluding hydrogens is 360 g/mol. The molecule has 24 heavy (non-hydrogen) atoms. The van der Waals surface area contributed by atoms with Gasteiger partial charge in [0.25, 0.3) is 0 Å². The van der Waals surface area contributed by atoms with Gasteiger partial charge in [0.2, 0.25) is 10.1 Å². The molecule has 0 saturated carbocycles. The van der Waals surface area contributed by atoms with E-state index in [9.17, 15) is 0 Å². The minimum atomic E-state index is 0.814. The monoisotopic (exact) mass is 372 g/mol. The Bertz CT molecular complexity index is 922. The van der Waals surface area contributed by atoms with Gasteiger partial charge in [-0.15, -0.1) is 15.3 Å². The van der Waals surface area contributed by atoms with Crippen LogP contribution < -0.4 is 0 Å². The van der Waals surface area contributed by atoms with Gasteiger partial charge in [0.1, 0.15) is 0 Å². The van der Waals surface area contributed by atoms with Crippen molar-refractivity contribution in [3.8, 4) is 0 Å². The first-order chi connectivity index (χ1) is 11.9. The summed E-state index contributed by atoms with van der Waals surface area (Å²) in [4.78, 5) is 8.89. The number of nitrogens with zero attached hydrogens (tertiary/aromatic N) is 6. The molecule has 0 aliphatic carbocycles. The van der Waals surface area contributed by atoms with E-state index < -0.39 is 0 Å². The summed E-state index contributed by atoms with van der Waals surface area (Å²) in [5, 5.41) is 13.9. The molecule has 9 heteroatoms. The standard InChI is InChI=1S/C15H12N6S3/c1-5-16-6-2-11(1)9-22-13-18-19-14-21(13)20-15(24-14)23-10-12-3-7-17-8-4-12/h1-8H,9-10H2. The highest BCUT2D eigenvalue weighted by Crippen LogP contribution is 2.29. The largest absolute Gasteiger partial charge is 0.265 e. The number of fused-ring (bicyclic) bond motifs is 1. The molecule has 120 valence electrons. The highest BCUT2D eigenvalue weighted by Gasteiger charge is 2.12. The van der Waals surface area contributed by atoms with Crippen LogP contribution >= 0.6 is 34.9 Å². The Morgan fingerprint density at radius 2 is 1.46 bits per heavy atom. The number of rotatable bonds is 6. The quantitative estimate of drug-likeness (QED) is 0.479. The van der Waals surface area contributed by atoms with E-state index in [-0.39, 0.29) is 0 Å². The molecule has 0 aromatic carbocycles. The van der Waals surface area contributed by atoms with Gasteiger partial charge in [0.15, 0.2) is 4.34 Å². The summed E-state index contributed by atoms with van der Waals surface area (Å²) in [5.41, 5.74) is 2.43. The maximum Gasteiger partial charge on any atom is 0.236 e. The molecule has 4 aromatic heterocycles. The summed E-state index contributed by atoms with van der Waals surface area (Å²) >= 11 is 4.89. The highest BCUT2D eigenvalue weighted by atomic mass is 32.2. The summed E-state index contributed by atoms with van der Waals surface area (Å²) in [6, 6.07) is 8.04. The predicted molar refractivity (Wildman–Crippen MR) is 96.3 cm³/mol. The van der Waals surface area contributed by atoms with Gasteiger partial charge in [-0.05, 0) is 35.4 Å². The summed E-state index contributed by atoms with van der Waals surface area (Å²) in [6.45, 7) is 0. The summed E-state index contributed by atoms with van der Waals surface area (Å²) < 4.78 is 2.81. The van der Waals surface area contributed by atoms with Gasteiger partial charge < -0.3 is 0 Å². The minimum absolute atomic E-state index is 0.814. The van der Waals surface area contributed by atoms with E-state index in [0.717, 1.165) is 26.0 Å². The van der Waals surface area contributed by atoms with Crippen LogP contribution in [0.5, 0.6) is 0 Å². The third-order valence-corrected chi connectivity index (χ3v) is 6.27. The molecule has 0 unspecified atom stereocenters. The Morgan fingerprint density at radius 1 is 0.833 bits per heavy atom. The first kappa shape index (κ1) is 15.6. The Balaban J connectivity index is 1.45. The zero-order valence-corrected chi connectivity index (χ0v) is 14.9. The van der Waals surface area contributed by atoms with Crippen molar-refractivity contribution in [3.63, 3.8) is 0 Å². The van der Waals surface area contributed by atoms with Crippen LogP contribution in [0, 0.1) is 0 Å². The van der Waals surface area contributed by atoms with Crippen LogP contribution in [0.1, 0.15) is 11.1 Å². The molecule has 0 fully saturated rings. The van der Waals surface area contributed by atoms with E-state index in [1.165, 1.54) is 11.1 Å². The highest BCUT2D eigenvalue weighted by molar-refractivity contribution is 8.00. The number of thioether (sulfide) groups is 2. The lowest BCUT2D eigenvalue weighted by Gasteiger charge is -1.98. The van der Waals surface area contributed by atoms with E-state index in [4.69, 9.17) is 0 Å². The van der Waals surface area contributed by atoms with E-state index in [2.05, 4.69) is 25.3 Å². The van der Waals surface area contributed by atoms with Crippen LogP contribution in [0.25, 0.3) is 4.96 Å². The van der Waals surface area contributed by atoms with Gasteiger partial charge in [0, 0.05) is 36.3 Å². The minimum Gasteiger partial charge on any atom is -0.265 e. The molecule has 0 amide bonds. The molecule has 0 bridgehead atoms. The third kappa shape index (κ3) is 3.58. The first-order valence-corrected chi connectivity index (χ1v) is 9.93. The average Bonchev–Trinajstić information content (AvgIpc) is 3.20. The van der Waals surface area contributed by atoms with Gasteiger partial charge in [-0.1, -0.05) is 34.9 Å². The molecular formula is C15H12N6S3. The Morgan fingerprint density at radius 3 is 2.12 bits per heavy atom. The maximum absolute atomic E-state index is 4.62. The Labute approximate surface area is 150 Å². The zero-order valence-electron chi connectivity index (χ0n) is 12.4. The molecule has 4 heterocycles. The maximum atomic E-state index is 4.62. The second kappa shape index (κ2) is 7.29. The van der Waals surface area contributed by atoms with Gasteiger partial charge in [-0.2, -0.15) is 4.52 Å². The number of hydrogen-bond acceptors (Lipinski definition) is 8. The second-order valence-electron chi connectivity index (χ2n) is 4.83. The second-order valence-corrected chi connectivity index (χ2v) is 7.95. The summed E-state index contributed by atoms with van der Waals surface area (Å²) in [6.07, 6.45) is 7.21. The average molecular weight is 373 g/mol. The van der Waals surface area contributed by atoms with Crippen LogP contribution in [0.4, 0.5) is 0 Å². The molecule has 0 spiro atoms. The van der Waals surface area contributed by atoms with Crippen molar-refractivity contribution < 1.29 is 0 Å². The van der Waals surface area contributed by atoms with Crippen LogP contribution in [0.15, 0.2) is 58.5 Å². The number of pyridine rings is 2. The lowest BCUT2D eigenvalue weighted by molar-refractivity contribution is 0.793. The molecule has 0 N–H and O–H groups in total. The lowest BCUT2D eigenvalue weighted by Crippen LogP contribution is -1.90. The first-order valence-electron chi connectivity index (χ1n) is 7.14. The van der Waals surface area contributed by atoms with Crippen molar-refractivity contribution in [2.45, 2.75) is 21.0 Å². The zero-order chi connectivity index (χ0) is 16.2. The Hall–Kier alpha value is -1.97. The van der Waals surface area contributed by atoms with Crippen molar-refractivity contribution in [2.75, 3.05) is 0 Å². The lowest BCUT2D eigenvalue weighted by atomic mass is 10.3. The molecule has 0 atom stereocenters. The van der Waals surface area contributed by atoms with Crippen molar-refractivity contribution in [2.24, 2.45) is 0 Å². The van der Waals surface area contributed by atoms with Crippen molar-refractivity contribution in [1.82, 2.24) is 29.8 Å². The fourth-order valence-corrected chi connectivity index (χ4v) is 4.71. The van der Waals surface area contributed by atoms with Gasteiger partial charge in [-0.3, -0.25) is 9.97 Å². The summed E-state index contributed by atoms with van der Waals surface area (Å²) in [7, 11) is 0. The number of aromatic nitrogens is 6. The van der Waals surface area contributed by atoms with Gasteiger partial charge in [-0.25, -0.2) is 0 Å². The van der Waals surface area contributed by atoms with Crippen LogP contribution in [-0.2, 0) is 11.5 Å². The molecule has 4 aromatic rings. The van der Waals surface area contributed by atoms with Gasteiger partial charge in [0.05, 0.1) is 0 Å². The van der Waals surface area contributed by atoms with E-state index in [0.29, 0.717) is 0 Å². The van der Waals surface area contributed by atoms with Crippen molar-refractivity contribution in [1.29, 1.82) is 0 Å². The smallest absolute Gasteiger partial charge is 0.236 e.